The van der Waals surface area contributed by atoms with E-state index >= 15 is 0 Å². The van der Waals surface area contributed by atoms with E-state index in [9.17, 15) is 9.90 Å². The summed E-state index contributed by atoms with van der Waals surface area (Å²) in [6, 6.07) is 5.18. The first-order valence-electron chi connectivity index (χ1n) is 6.39. The van der Waals surface area contributed by atoms with Gasteiger partial charge in [-0.1, -0.05) is 6.07 Å². The Kier molecular flexibility index (Phi) is 3.95. The smallest absolute Gasteiger partial charge is 0.255 e. The zero-order chi connectivity index (χ0) is 14.0. The minimum Gasteiger partial charge on any atom is -0.495 e. The van der Waals surface area contributed by atoms with Crippen molar-refractivity contribution < 1.29 is 14.6 Å². The number of amides is 1. The van der Waals surface area contributed by atoms with Gasteiger partial charge >= 0.3 is 0 Å². The minimum absolute atomic E-state index is 0.113. The molecule has 0 spiro atoms. The maximum atomic E-state index is 12.3. The van der Waals surface area contributed by atoms with E-state index < -0.39 is 0 Å². The molecule has 0 unspecified atom stereocenters. The quantitative estimate of drug-likeness (QED) is 0.799. The molecule has 0 aliphatic heterocycles. The molecule has 5 heteroatoms. The molecule has 1 aliphatic carbocycles. The van der Waals surface area contributed by atoms with Crippen LogP contribution in [0.5, 0.6) is 5.75 Å². The lowest BCUT2D eigenvalue weighted by molar-refractivity contribution is 0.0265. The Morgan fingerprint density at radius 3 is 2.79 bits per heavy atom. The summed E-state index contributed by atoms with van der Waals surface area (Å²) in [6.45, 7) is 0.645. The van der Waals surface area contributed by atoms with Crippen molar-refractivity contribution in [2.75, 3.05) is 26.4 Å². The second-order valence-corrected chi connectivity index (χ2v) is 5.10. The van der Waals surface area contributed by atoms with E-state index in [4.69, 9.17) is 10.5 Å². The number of aliphatic hydroxyl groups is 1. The van der Waals surface area contributed by atoms with E-state index in [-0.39, 0.29) is 12.0 Å². The molecular formula is C14H20N2O3. The normalized spacial score (nSPS) is 21.6. The third-order valence-corrected chi connectivity index (χ3v) is 3.61. The van der Waals surface area contributed by atoms with Gasteiger partial charge in [-0.25, -0.2) is 0 Å². The summed E-state index contributed by atoms with van der Waals surface area (Å²) in [7, 11) is 3.28. The van der Waals surface area contributed by atoms with E-state index in [0.717, 1.165) is 12.8 Å². The van der Waals surface area contributed by atoms with Gasteiger partial charge in [-0.2, -0.15) is 0 Å². The van der Waals surface area contributed by atoms with Gasteiger partial charge in [-0.15, -0.1) is 0 Å². The van der Waals surface area contributed by atoms with Gasteiger partial charge in [-0.05, 0) is 30.9 Å². The molecule has 1 fully saturated rings. The van der Waals surface area contributed by atoms with Gasteiger partial charge in [-0.3, -0.25) is 4.79 Å². The van der Waals surface area contributed by atoms with Gasteiger partial charge in [0.05, 0.1) is 24.5 Å². The number of nitrogens with zero attached hydrogens (tertiary/aromatic N) is 1. The fourth-order valence-electron chi connectivity index (χ4n) is 2.43. The van der Waals surface area contributed by atoms with Crippen LogP contribution in [0.3, 0.4) is 0 Å². The fourth-order valence-corrected chi connectivity index (χ4v) is 2.43. The van der Waals surface area contributed by atoms with Crippen molar-refractivity contribution in [2.45, 2.75) is 18.9 Å². The summed E-state index contributed by atoms with van der Waals surface area (Å²) in [5.41, 5.74) is 6.75. The SMILES string of the molecule is COc1cccc(C(=O)N(C)CC2CC(O)C2)c1N. The van der Waals surface area contributed by atoms with Crippen LogP contribution in [-0.2, 0) is 0 Å². The van der Waals surface area contributed by atoms with Crippen LogP contribution in [0.15, 0.2) is 18.2 Å². The molecule has 1 amide bonds. The highest BCUT2D eigenvalue weighted by molar-refractivity contribution is 6.00. The number of nitrogen functional groups attached to an aromatic ring is 1. The molecule has 1 aromatic carbocycles. The summed E-state index contributed by atoms with van der Waals surface area (Å²) in [4.78, 5) is 14.0. The second kappa shape index (κ2) is 5.48. The number of hydrogen-bond donors (Lipinski definition) is 2. The van der Waals surface area contributed by atoms with Crippen LogP contribution in [0.2, 0.25) is 0 Å². The van der Waals surface area contributed by atoms with E-state index in [0.29, 0.717) is 29.5 Å². The molecule has 0 aromatic heterocycles. The first kappa shape index (κ1) is 13.7. The molecule has 19 heavy (non-hydrogen) atoms. The number of para-hydroxylation sites is 1. The molecule has 1 saturated carbocycles. The van der Waals surface area contributed by atoms with Crippen molar-refractivity contribution in [3.63, 3.8) is 0 Å². The predicted octanol–water partition coefficient (Wildman–Crippen LogP) is 1.12. The number of benzene rings is 1. The topological polar surface area (TPSA) is 75.8 Å². The molecule has 104 valence electrons. The summed E-state index contributed by atoms with van der Waals surface area (Å²) in [5.74, 6) is 0.784. The summed E-state index contributed by atoms with van der Waals surface area (Å²) < 4.78 is 5.11. The molecule has 5 nitrogen and oxygen atoms in total. The number of aliphatic hydroxyl groups excluding tert-OH is 1. The van der Waals surface area contributed by atoms with Crippen LogP contribution in [0.1, 0.15) is 23.2 Å². The Labute approximate surface area is 113 Å². The molecule has 0 radical (unpaired) electrons. The lowest BCUT2D eigenvalue weighted by Gasteiger charge is -2.34. The van der Waals surface area contributed by atoms with Gasteiger partial charge in [0.15, 0.2) is 0 Å². The van der Waals surface area contributed by atoms with E-state index in [1.165, 1.54) is 7.11 Å². The van der Waals surface area contributed by atoms with Crippen molar-refractivity contribution in [1.82, 2.24) is 4.90 Å². The number of nitrogens with two attached hydrogens (primary N) is 1. The molecule has 0 saturated heterocycles. The van der Waals surface area contributed by atoms with E-state index in [1.807, 2.05) is 0 Å². The van der Waals surface area contributed by atoms with E-state index in [2.05, 4.69) is 0 Å². The predicted molar refractivity (Wildman–Crippen MR) is 73.1 cm³/mol. The Hall–Kier alpha value is -1.75. The van der Waals surface area contributed by atoms with Gasteiger partial charge in [0.2, 0.25) is 0 Å². The maximum absolute atomic E-state index is 12.3. The lowest BCUT2D eigenvalue weighted by atomic mass is 9.82. The van der Waals surface area contributed by atoms with Gasteiger partial charge in [0.25, 0.3) is 5.91 Å². The molecule has 1 aliphatic rings. The Balaban J connectivity index is 2.06. The van der Waals surface area contributed by atoms with Gasteiger partial charge < -0.3 is 20.5 Å². The number of hydrogen-bond acceptors (Lipinski definition) is 4. The van der Waals surface area contributed by atoms with Gasteiger partial charge in [0.1, 0.15) is 5.75 Å². The van der Waals surface area contributed by atoms with Crippen LogP contribution in [0.25, 0.3) is 0 Å². The average molecular weight is 264 g/mol. The number of carbonyl (C=O) groups excluding carboxylic acids is 1. The van der Waals surface area contributed by atoms with Crippen LogP contribution < -0.4 is 10.5 Å². The van der Waals surface area contributed by atoms with Crippen LogP contribution in [-0.4, -0.2) is 42.7 Å². The number of methoxy groups -OCH3 is 1. The monoisotopic (exact) mass is 264 g/mol. The van der Waals surface area contributed by atoms with Crippen molar-refractivity contribution in [2.24, 2.45) is 5.92 Å². The first-order chi connectivity index (χ1) is 9.02. The Bertz CT molecular complexity index is 470. The number of ether oxygens (including phenoxy) is 1. The fraction of sp³-hybridized carbons (Fsp3) is 0.500. The largest absolute Gasteiger partial charge is 0.495 e. The summed E-state index contributed by atoms with van der Waals surface area (Å²) in [6.07, 6.45) is 1.34. The first-order valence-corrected chi connectivity index (χ1v) is 6.39. The zero-order valence-corrected chi connectivity index (χ0v) is 11.3. The highest BCUT2D eigenvalue weighted by Gasteiger charge is 2.29. The van der Waals surface area contributed by atoms with Crippen LogP contribution in [0.4, 0.5) is 5.69 Å². The maximum Gasteiger partial charge on any atom is 0.255 e. The highest BCUT2D eigenvalue weighted by atomic mass is 16.5. The molecular weight excluding hydrogens is 244 g/mol. The summed E-state index contributed by atoms with van der Waals surface area (Å²) in [5, 5.41) is 9.26. The third kappa shape index (κ3) is 2.81. The summed E-state index contributed by atoms with van der Waals surface area (Å²) >= 11 is 0. The zero-order valence-electron chi connectivity index (χ0n) is 11.3. The van der Waals surface area contributed by atoms with Crippen molar-refractivity contribution in [3.05, 3.63) is 23.8 Å². The van der Waals surface area contributed by atoms with Crippen molar-refractivity contribution >= 4 is 11.6 Å². The molecule has 0 atom stereocenters. The average Bonchev–Trinajstić information content (AvgIpc) is 2.36. The van der Waals surface area contributed by atoms with Crippen LogP contribution in [0, 0.1) is 5.92 Å². The Morgan fingerprint density at radius 2 is 2.21 bits per heavy atom. The minimum atomic E-state index is -0.199. The molecule has 0 heterocycles. The number of rotatable bonds is 4. The lowest BCUT2D eigenvalue weighted by Crippen LogP contribution is -2.39. The van der Waals surface area contributed by atoms with Crippen molar-refractivity contribution in [1.29, 1.82) is 0 Å². The number of carbonyl (C=O) groups is 1. The van der Waals surface area contributed by atoms with Crippen molar-refractivity contribution in [3.8, 4) is 5.75 Å². The third-order valence-electron chi connectivity index (χ3n) is 3.61. The highest BCUT2D eigenvalue weighted by Crippen LogP contribution is 2.29. The van der Waals surface area contributed by atoms with Gasteiger partial charge in [0, 0.05) is 13.6 Å². The van der Waals surface area contributed by atoms with Crippen LogP contribution >= 0.6 is 0 Å². The molecule has 3 N–H and O–H groups in total. The molecule has 1 aromatic rings. The molecule has 0 bridgehead atoms. The standard InChI is InChI=1S/C14H20N2O3/c1-16(8-9-6-10(17)7-9)14(18)11-4-3-5-12(19-2)13(11)15/h3-5,9-10,17H,6-8,15H2,1-2H3. The second-order valence-electron chi connectivity index (χ2n) is 5.10. The van der Waals surface area contributed by atoms with E-state index in [1.54, 1.807) is 30.1 Å². The number of anilines is 1. The molecule has 2 rings (SSSR count). The Morgan fingerprint density at radius 1 is 1.53 bits per heavy atom.